The van der Waals surface area contributed by atoms with Gasteiger partial charge < -0.3 is 10.6 Å². The van der Waals surface area contributed by atoms with Crippen molar-refractivity contribution < 1.29 is 17.2 Å². The van der Waals surface area contributed by atoms with Crippen LogP contribution in [-0.2, 0) is 22.9 Å². The van der Waals surface area contributed by atoms with Crippen LogP contribution in [0.25, 0.3) is 0 Å². The maximum atomic E-state index is 13.7. The van der Waals surface area contributed by atoms with Crippen LogP contribution in [0.2, 0.25) is 0 Å². The van der Waals surface area contributed by atoms with Gasteiger partial charge in [-0.15, -0.1) is 0 Å². The van der Waals surface area contributed by atoms with Crippen molar-refractivity contribution in [2.75, 3.05) is 12.8 Å². The summed E-state index contributed by atoms with van der Waals surface area (Å²) >= 11 is 0. The molecule has 0 unspecified atom stereocenters. The van der Waals surface area contributed by atoms with Crippen molar-refractivity contribution in [2.24, 2.45) is 4.99 Å². The van der Waals surface area contributed by atoms with Gasteiger partial charge >= 0.3 is 0 Å². The Morgan fingerprint density at radius 3 is 2.48 bits per heavy atom. The predicted octanol–water partition coefficient (Wildman–Crippen LogP) is 2.93. The largest absolute Gasteiger partial charge is 0.357 e. The number of sulfone groups is 1. The van der Waals surface area contributed by atoms with Gasteiger partial charge in [-0.2, -0.15) is 0 Å². The second kappa shape index (κ2) is 8.94. The van der Waals surface area contributed by atoms with E-state index in [1.54, 1.807) is 25.1 Å². The Hall–Kier alpha value is -2.48. The Morgan fingerprint density at radius 1 is 1.11 bits per heavy atom. The van der Waals surface area contributed by atoms with E-state index in [-0.39, 0.29) is 12.1 Å². The van der Waals surface area contributed by atoms with Crippen LogP contribution in [0.1, 0.15) is 23.6 Å². The monoisotopic (exact) mass is 395 g/mol. The zero-order valence-corrected chi connectivity index (χ0v) is 16.3. The van der Waals surface area contributed by atoms with E-state index in [1.807, 2.05) is 6.92 Å². The summed E-state index contributed by atoms with van der Waals surface area (Å²) in [6, 6.07) is 8.35. The molecule has 0 bridgehead atoms. The third-order valence-electron chi connectivity index (χ3n) is 3.86. The van der Waals surface area contributed by atoms with Gasteiger partial charge in [-0.25, -0.2) is 22.2 Å². The van der Waals surface area contributed by atoms with Crippen LogP contribution in [0.15, 0.2) is 46.3 Å². The van der Waals surface area contributed by atoms with E-state index in [4.69, 9.17) is 0 Å². The summed E-state index contributed by atoms with van der Waals surface area (Å²) in [6.07, 6.45) is 1.17. The van der Waals surface area contributed by atoms with Crippen LogP contribution in [-0.4, -0.2) is 27.2 Å². The molecule has 0 heterocycles. The van der Waals surface area contributed by atoms with Gasteiger partial charge in [0.25, 0.3) is 0 Å². The van der Waals surface area contributed by atoms with Crippen LogP contribution in [0, 0.1) is 18.6 Å². The molecule has 0 aromatic heterocycles. The molecule has 0 saturated carbocycles. The van der Waals surface area contributed by atoms with Crippen molar-refractivity contribution in [2.45, 2.75) is 31.8 Å². The fourth-order valence-electron chi connectivity index (χ4n) is 2.60. The molecule has 0 amide bonds. The number of aryl methyl sites for hydroxylation is 1. The molecule has 2 rings (SSSR count). The summed E-state index contributed by atoms with van der Waals surface area (Å²) in [5.74, 6) is -0.547. The molecular weight excluding hydrogens is 372 g/mol. The quantitative estimate of drug-likeness (QED) is 0.583. The number of nitrogens with zero attached hydrogens (tertiary/aromatic N) is 1. The number of nitrogens with one attached hydrogen (secondary N) is 2. The van der Waals surface area contributed by atoms with Gasteiger partial charge in [0, 0.05) is 24.9 Å². The van der Waals surface area contributed by atoms with Crippen molar-refractivity contribution in [3.63, 3.8) is 0 Å². The van der Waals surface area contributed by atoms with E-state index in [2.05, 4.69) is 15.6 Å². The number of benzene rings is 2. The maximum absolute atomic E-state index is 13.7. The van der Waals surface area contributed by atoms with Crippen molar-refractivity contribution in [1.82, 2.24) is 10.6 Å². The van der Waals surface area contributed by atoms with Gasteiger partial charge in [0.05, 0.1) is 11.4 Å². The maximum Gasteiger partial charge on any atom is 0.191 e. The number of rotatable bonds is 6. The van der Waals surface area contributed by atoms with E-state index in [9.17, 15) is 17.2 Å². The third kappa shape index (κ3) is 6.02. The van der Waals surface area contributed by atoms with E-state index in [0.29, 0.717) is 29.5 Å². The third-order valence-corrected chi connectivity index (χ3v) is 5.11. The van der Waals surface area contributed by atoms with E-state index >= 15 is 0 Å². The van der Waals surface area contributed by atoms with E-state index in [1.165, 1.54) is 6.26 Å². The first-order chi connectivity index (χ1) is 12.7. The Morgan fingerprint density at radius 2 is 1.85 bits per heavy atom. The molecule has 0 radical (unpaired) electrons. The van der Waals surface area contributed by atoms with Crippen molar-refractivity contribution in [3.8, 4) is 0 Å². The molecule has 0 aliphatic carbocycles. The lowest BCUT2D eigenvalue weighted by Crippen LogP contribution is -2.37. The Labute approximate surface area is 158 Å². The average Bonchev–Trinajstić information content (AvgIpc) is 2.59. The van der Waals surface area contributed by atoms with Crippen molar-refractivity contribution >= 4 is 15.8 Å². The summed E-state index contributed by atoms with van der Waals surface area (Å²) in [4.78, 5) is 4.71. The lowest BCUT2D eigenvalue weighted by Gasteiger charge is -2.12. The van der Waals surface area contributed by atoms with Crippen LogP contribution >= 0.6 is 0 Å². The van der Waals surface area contributed by atoms with Gasteiger partial charge in [0.15, 0.2) is 15.8 Å². The van der Waals surface area contributed by atoms with E-state index < -0.39 is 21.5 Å². The fraction of sp³-hybridized carbons (Fsp3) is 0.316. The van der Waals surface area contributed by atoms with Crippen LogP contribution in [0.4, 0.5) is 8.78 Å². The molecule has 5 nitrogen and oxygen atoms in total. The first kappa shape index (κ1) is 20.8. The summed E-state index contributed by atoms with van der Waals surface area (Å²) < 4.78 is 50.3. The molecule has 0 aliphatic heterocycles. The summed E-state index contributed by atoms with van der Waals surface area (Å²) in [6.45, 7) is 4.63. The molecule has 146 valence electrons. The summed E-state index contributed by atoms with van der Waals surface area (Å²) in [5, 5.41) is 6.00. The van der Waals surface area contributed by atoms with Crippen LogP contribution < -0.4 is 10.6 Å². The molecule has 0 spiro atoms. The fourth-order valence-corrected chi connectivity index (χ4v) is 3.55. The van der Waals surface area contributed by atoms with Gasteiger partial charge in [-0.1, -0.05) is 12.1 Å². The zero-order chi connectivity index (χ0) is 20.0. The summed E-state index contributed by atoms with van der Waals surface area (Å²) in [7, 11) is -3.26. The highest BCUT2D eigenvalue weighted by molar-refractivity contribution is 7.90. The zero-order valence-electron chi connectivity index (χ0n) is 15.5. The smallest absolute Gasteiger partial charge is 0.191 e. The molecule has 0 saturated heterocycles. The molecule has 2 aromatic rings. The molecule has 2 N–H and O–H groups in total. The van der Waals surface area contributed by atoms with Crippen LogP contribution in [0.3, 0.4) is 0 Å². The minimum atomic E-state index is -3.26. The van der Waals surface area contributed by atoms with Gasteiger partial charge in [-0.3, -0.25) is 0 Å². The van der Waals surface area contributed by atoms with Gasteiger partial charge in [0.1, 0.15) is 11.6 Å². The lowest BCUT2D eigenvalue weighted by atomic mass is 10.1. The molecule has 27 heavy (non-hydrogen) atoms. The van der Waals surface area contributed by atoms with Gasteiger partial charge in [-0.05, 0) is 49.2 Å². The number of hydrogen-bond acceptors (Lipinski definition) is 3. The highest BCUT2D eigenvalue weighted by Gasteiger charge is 2.11. The lowest BCUT2D eigenvalue weighted by molar-refractivity contribution is 0.581. The highest BCUT2D eigenvalue weighted by atomic mass is 32.2. The second-order valence-electron chi connectivity index (χ2n) is 6.16. The summed E-state index contributed by atoms with van der Waals surface area (Å²) in [5.41, 5.74) is 1.70. The van der Waals surface area contributed by atoms with Crippen LogP contribution in [0.5, 0.6) is 0 Å². The standard InChI is InChI=1S/C19H23F2N3O2S/c1-4-22-19(24-12-15-10-16(20)6-7-17(15)21)23-11-14-5-8-18(13(2)9-14)27(3,25)26/h5-10H,4,11-12H2,1-3H3,(H2,22,23,24). The Balaban J connectivity index is 2.11. The normalized spacial score (nSPS) is 12.1. The highest BCUT2D eigenvalue weighted by Crippen LogP contribution is 2.17. The van der Waals surface area contributed by atoms with Crippen molar-refractivity contribution in [1.29, 1.82) is 0 Å². The molecule has 8 heteroatoms. The molecular formula is C19H23F2N3O2S. The van der Waals surface area contributed by atoms with E-state index in [0.717, 1.165) is 23.8 Å². The molecule has 0 fully saturated rings. The molecule has 2 aromatic carbocycles. The predicted molar refractivity (Wildman–Crippen MR) is 102 cm³/mol. The minimum absolute atomic E-state index is 0.0848. The molecule has 0 atom stereocenters. The van der Waals surface area contributed by atoms with Crippen molar-refractivity contribution in [3.05, 3.63) is 64.7 Å². The number of halogens is 2. The minimum Gasteiger partial charge on any atom is -0.357 e. The van der Waals surface area contributed by atoms with Gasteiger partial charge in [0.2, 0.25) is 0 Å². The topological polar surface area (TPSA) is 70.6 Å². The number of guanidine groups is 1. The molecule has 0 aliphatic rings. The first-order valence-electron chi connectivity index (χ1n) is 8.46. The first-order valence-corrected chi connectivity index (χ1v) is 10.4. The Kier molecular flexibility index (Phi) is 6.90. The SMILES string of the molecule is CCNC(=NCc1ccc(S(C)(=O)=O)c(C)c1)NCc1cc(F)ccc1F. The second-order valence-corrected chi connectivity index (χ2v) is 8.14. The average molecular weight is 395 g/mol. The Bertz CT molecular complexity index is 944. The number of hydrogen-bond donors (Lipinski definition) is 2. The number of aliphatic imine (C=N–C) groups is 1.